The molecule has 0 spiro atoms. The molecule has 1 aliphatic heterocycles. The molecule has 0 bridgehead atoms. The summed E-state index contributed by atoms with van der Waals surface area (Å²) < 4.78 is 31.2. The summed E-state index contributed by atoms with van der Waals surface area (Å²) in [6.45, 7) is 8.46. The number of likely N-dealkylation sites (N-methyl/N-ethyl adjacent to an activating group) is 1. The molecule has 1 atom stereocenters. The molecule has 0 saturated carbocycles. The van der Waals surface area contributed by atoms with Crippen LogP contribution in [0.3, 0.4) is 0 Å². The average molecular weight is 497 g/mol. The van der Waals surface area contributed by atoms with Gasteiger partial charge in [0.2, 0.25) is 5.88 Å². The molecule has 1 aliphatic rings. The minimum Gasteiger partial charge on any atom is -0.480 e. The minimum absolute atomic E-state index is 0.00202. The highest BCUT2D eigenvalue weighted by atomic mass is 19.1. The molecule has 3 aromatic rings. The van der Waals surface area contributed by atoms with Crippen molar-refractivity contribution in [2.75, 3.05) is 46.0 Å². The van der Waals surface area contributed by atoms with E-state index in [9.17, 15) is 0 Å². The zero-order valence-corrected chi connectivity index (χ0v) is 21.7. The second kappa shape index (κ2) is 10.7. The number of benzene rings is 1. The maximum Gasteiger partial charge on any atom is 0.233 e. The second-order valence-corrected chi connectivity index (χ2v) is 9.81. The highest BCUT2D eigenvalue weighted by Crippen LogP contribution is 2.36. The number of ether oxygens (including phenoxy) is 3. The van der Waals surface area contributed by atoms with E-state index in [1.54, 1.807) is 12.1 Å². The van der Waals surface area contributed by atoms with E-state index >= 15 is 4.39 Å². The first kappa shape index (κ1) is 25.7. The summed E-state index contributed by atoms with van der Waals surface area (Å²) in [5.41, 5.74) is 1.89. The lowest BCUT2D eigenvalue weighted by Gasteiger charge is -2.36. The van der Waals surface area contributed by atoms with Gasteiger partial charge in [-0.1, -0.05) is 0 Å². The Morgan fingerprint density at radius 3 is 2.56 bits per heavy atom. The quantitative estimate of drug-likeness (QED) is 0.429. The molecule has 10 heteroatoms. The molecule has 3 heterocycles. The van der Waals surface area contributed by atoms with Gasteiger partial charge in [0.05, 0.1) is 19.0 Å². The number of hydrogen-bond acceptors (Lipinski definition) is 9. The van der Waals surface area contributed by atoms with Crippen LogP contribution in [-0.2, 0) is 4.74 Å². The minimum atomic E-state index is -0.455. The van der Waals surface area contributed by atoms with Crippen molar-refractivity contribution in [1.82, 2.24) is 25.3 Å². The zero-order valence-electron chi connectivity index (χ0n) is 21.7. The molecule has 0 unspecified atom stereocenters. The Morgan fingerprint density at radius 2 is 1.89 bits per heavy atom. The van der Waals surface area contributed by atoms with Gasteiger partial charge in [-0.2, -0.15) is 5.10 Å². The summed E-state index contributed by atoms with van der Waals surface area (Å²) >= 11 is 0. The van der Waals surface area contributed by atoms with Crippen LogP contribution in [0, 0.1) is 5.82 Å². The monoisotopic (exact) mass is 496 g/mol. The van der Waals surface area contributed by atoms with Crippen molar-refractivity contribution in [3.05, 3.63) is 42.3 Å². The lowest BCUT2D eigenvalue weighted by Crippen LogP contribution is -2.46. The van der Waals surface area contributed by atoms with Gasteiger partial charge in [-0.25, -0.2) is 4.39 Å². The fourth-order valence-electron chi connectivity index (χ4n) is 4.26. The Balaban J connectivity index is 1.61. The molecule has 192 valence electrons. The van der Waals surface area contributed by atoms with Crippen LogP contribution in [0.15, 0.2) is 36.5 Å². The van der Waals surface area contributed by atoms with E-state index in [1.807, 2.05) is 12.1 Å². The number of anilines is 1. The van der Waals surface area contributed by atoms with Gasteiger partial charge in [-0.3, -0.25) is 4.90 Å². The van der Waals surface area contributed by atoms with Gasteiger partial charge in [0, 0.05) is 54.5 Å². The van der Waals surface area contributed by atoms with Gasteiger partial charge < -0.3 is 19.1 Å². The van der Waals surface area contributed by atoms with Crippen molar-refractivity contribution in [2.24, 2.45) is 0 Å². The molecular weight excluding hydrogens is 463 g/mol. The molecule has 1 fully saturated rings. The van der Waals surface area contributed by atoms with E-state index in [0.29, 0.717) is 34.2 Å². The molecule has 36 heavy (non-hydrogen) atoms. The number of aromatic nitrogens is 4. The molecule has 1 aromatic carbocycles. The Kier molecular flexibility index (Phi) is 7.65. The smallest absolute Gasteiger partial charge is 0.233 e. The maximum absolute atomic E-state index is 15.3. The van der Waals surface area contributed by atoms with E-state index in [1.165, 1.54) is 26.5 Å². The Bertz CT molecular complexity index is 1190. The van der Waals surface area contributed by atoms with Gasteiger partial charge in [-0.05, 0) is 58.5 Å². The van der Waals surface area contributed by atoms with Crippen molar-refractivity contribution in [3.8, 4) is 34.0 Å². The average Bonchev–Trinajstić information content (AvgIpc) is 3.37. The standard InChI is InChI=1S/C26H33FN6O3/c1-26(2,3)32(4)18-9-10-33(15-18)24-8-7-22(29-30-24)20-12-21(27)19(13-23(20)36-16-34-5)17-11-25(35-6)31-28-14-17/h7-8,11-14,18H,9-10,15-16H2,1-6H3/t18-/m0/s1. The highest BCUT2D eigenvalue weighted by Gasteiger charge is 2.32. The molecule has 9 nitrogen and oxygen atoms in total. The van der Waals surface area contributed by atoms with Crippen LogP contribution >= 0.6 is 0 Å². The van der Waals surface area contributed by atoms with Gasteiger partial charge >= 0.3 is 0 Å². The molecule has 2 aromatic heterocycles. The summed E-state index contributed by atoms with van der Waals surface area (Å²) in [4.78, 5) is 4.64. The summed E-state index contributed by atoms with van der Waals surface area (Å²) in [5, 5.41) is 16.6. The van der Waals surface area contributed by atoms with Crippen LogP contribution in [0.4, 0.5) is 10.2 Å². The number of halogens is 1. The van der Waals surface area contributed by atoms with Gasteiger partial charge in [-0.15, -0.1) is 15.3 Å². The van der Waals surface area contributed by atoms with Crippen LogP contribution < -0.4 is 14.4 Å². The second-order valence-electron chi connectivity index (χ2n) is 9.81. The fraction of sp³-hybridized carbons (Fsp3) is 0.462. The predicted octanol–water partition coefficient (Wildman–Crippen LogP) is 4.04. The van der Waals surface area contributed by atoms with E-state index in [4.69, 9.17) is 14.2 Å². The number of hydrogen-bond donors (Lipinski definition) is 0. The molecule has 1 saturated heterocycles. The van der Waals surface area contributed by atoms with Crippen molar-refractivity contribution in [3.63, 3.8) is 0 Å². The molecular formula is C26H33FN6O3. The van der Waals surface area contributed by atoms with E-state index < -0.39 is 5.82 Å². The van der Waals surface area contributed by atoms with Crippen LogP contribution in [0.2, 0.25) is 0 Å². The first-order valence-electron chi connectivity index (χ1n) is 11.9. The third kappa shape index (κ3) is 5.55. The maximum atomic E-state index is 15.3. The topological polar surface area (TPSA) is 85.7 Å². The van der Waals surface area contributed by atoms with Crippen molar-refractivity contribution in [2.45, 2.75) is 38.8 Å². The van der Waals surface area contributed by atoms with E-state index in [2.05, 4.69) is 58.0 Å². The lowest BCUT2D eigenvalue weighted by atomic mass is 10.0. The van der Waals surface area contributed by atoms with Gasteiger partial charge in [0.25, 0.3) is 0 Å². The summed E-state index contributed by atoms with van der Waals surface area (Å²) in [6, 6.07) is 8.81. The van der Waals surface area contributed by atoms with Crippen molar-refractivity contribution < 1.29 is 18.6 Å². The predicted molar refractivity (Wildman–Crippen MR) is 136 cm³/mol. The summed E-state index contributed by atoms with van der Waals surface area (Å²) in [6.07, 6.45) is 2.53. The Morgan fingerprint density at radius 1 is 1.08 bits per heavy atom. The lowest BCUT2D eigenvalue weighted by molar-refractivity contribution is 0.0515. The summed E-state index contributed by atoms with van der Waals surface area (Å²) in [5.74, 6) is 1.05. The fourth-order valence-corrected chi connectivity index (χ4v) is 4.26. The van der Waals surface area contributed by atoms with Crippen LogP contribution in [0.25, 0.3) is 22.4 Å². The first-order chi connectivity index (χ1) is 17.2. The molecule has 0 radical (unpaired) electrons. The van der Waals surface area contributed by atoms with Crippen LogP contribution in [0.5, 0.6) is 11.6 Å². The zero-order chi connectivity index (χ0) is 25.9. The molecule has 4 rings (SSSR count). The van der Waals surface area contributed by atoms with E-state index in [0.717, 1.165) is 25.3 Å². The number of rotatable bonds is 8. The van der Waals surface area contributed by atoms with Crippen molar-refractivity contribution >= 4 is 5.82 Å². The number of nitrogens with zero attached hydrogens (tertiary/aromatic N) is 6. The highest BCUT2D eigenvalue weighted by molar-refractivity contribution is 5.75. The van der Waals surface area contributed by atoms with Gasteiger partial charge in [0.1, 0.15) is 11.6 Å². The normalized spacial score (nSPS) is 16.0. The van der Waals surface area contributed by atoms with Crippen molar-refractivity contribution in [1.29, 1.82) is 0 Å². The third-order valence-electron chi connectivity index (χ3n) is 6.57. The van der Waals surface area contributed by atoms with Crippen LogP contribution in [-0.4, -0.2) is 78.0 Å². The summed E-state index contributed by atoms with van der Waals surface area (Å²) in [7, 11) is 5.17. The Labute approximate surface area is 211 Å². The molecule has 0 aliphatic carbocycles. The molecule has 0 N–H and O–H groups in total. The Hall–Kier alpha value is -3.37. The number of methoxy groups -OCH3 is 2. The SMILES string of the molecule is COCOc1cc(-c2cnnc(OC)c2)c(F)cc1-c1ccc(N2CC[C@H](N(C)C(C)(C)C)C2)nn1. The largest absolute Gasteiger partial charge is 0.480 e. The first-order valence-corrected chi connectivity index (χ1v) is 11.9. The third-order valence-corrected chi connectivity index (χ3v) is 6.57. The van der Waals surface area contributed by atoms with Gasteiger partial charge in [0.15, 0.2) is 12.6 Å². The molecule has 0 amide bonds. The van der Waals surface area contributed by atoms with Crippen LogP contribution in [0.1, 0.15) is 27.2 Å². The van der Waals surface area contributed by atoms with E-state index in [-0.39, 0.29) is 18.2 Å².